The van der Waals surface area contributed by atoms with Crippen LogP contribution in [0.5, 0.6) is 0 Å². The van der Waals surface area contributed by atoms with Crippen molar-refractivity contribution in [3.63, 3.8) is 0 Å². The Morgan fingerprint density at radius 1 is 1.10 bits per heavy atom. The van der Waals surface area contributed by atoms with Gasteiger partial charge in [-0.15, -0.1) is 11.6 Å². The van der Waals surface area contributed by atoms with Gasteiger partial charge in [0, 0.05) is 11.8 Å². The van der Waals surface area contributed by atoms with E-state index in [2.05, 4.69) is 6.08 Å². The molecule has 114 valence electrons. The van der Waals surface area contributed by atoms with Crippen molar-refractivity contribution < 1.29 is 9.53 Å². The monoisotopic (exact) mass is 298 g/mol. The van der Waals surface area contributed by atoms with E-state index in [0.29, 0.717) is 24.3 Å². The van der Waals surface area contributed by atoms with Crippen molar-refractivity contribution in [2.75, 3.05) is 6.61 Å². The Labute approximate surface area is 127 Å². The Hall–Kier alpha value is -0.500. The van der Waals surface area contributed by atoms with Crippen LogP contribution in [0.4, 0.5) is 0 Å². The van der Waals surface area contributed by atoms with Crippen molar-refractivity contribution in [3.05, 3.63) is 12.2 Å². The van der Waals surface area contributed by atoms with Crippen molar-refractivity contribution >= 4 is 17.6 Å². The number of esters is 1. The Bertz CT molecular complexity index is 315. The van der Waals surface area contributed by atoms with Gasteiger partial charge in [0.25, 0.3) is 0 Å². The van der Waals surface area contributed by atoms with Gasteiger partial charge in [0.15, 0.2) is 0 Å². The number of allylic oxidation sites excluding steroid dienone is 1. The fourth-order valence-electron chi connectivity index (χ4n) is 2.84. The van der Waals surface area contributed by atoms with Crippen molar-refractivity contribution in [3.8, 4) is 0 Å². The van der Waals surface area contributed by atoms with Gasteiger partial charge in [0.1, 0.15) is 6.61 Å². The van der Waals surface area contributed by atoms with E-state index in [4.69, 9.17) is 16.3 Å². The number of ether oxygens (including phenoxy) is 1. The van der Waals surface area contributed by atoms with Gasteiger partial charge in [-0.05, 0) is 43.9 Å². The van der Waals surface area contributed by atoms with Gasteiger partial charge in [-0.2, -0.15) is 0 Å². The minimum absolute atomic E-state index is 0.0464. The second-order valence-corrected chi connectivity index (χ2v) is 6.93. The molecular formula is C17H27ClO2. The molecule has 0 bridgehead atoms. The van der Waals surface area contributed by atoms with Crippen LogP contribution in [0.1, 0.15) is 64.2 Å². The van der Waals surface area contributed by atoms with E-state index in [1.807, 2.05) is 6.08 Å². The highest BCUT2D eigenvalue weighted by atomic mass is 35.5. The van der Waals surface area contributed by atoms with Crippen LogP contribution in [0.3, 0.4) is 0 Å². The van der Waals surface area contributed by atoms with Crippen molar-refractivity contribution in [1.82, 2.24) is 0 Å². The van der Waals surface area contributed by atoms with Crippen LogP contribution in [0.25, 0.3) is 0 Å². The second-order valence-electron chi connectivity index (χ2n) is 6.31. The highest BCUT2D eigenvalue weighted by Crippen LogP contribution is 2.34. The number of carbonyl (C=O) groups excluding carboxylic acids is 1. The van der Waals surface area contributed by atoms with Crippen LogP contribution in [0.2, 0.25) is 0 Å². The SMILES string of the molecule is O=C(CCCCC1CC1)OC/C=C/C1CCC(Cl)CC1. The first-order chi connectivity index (χ1) is 9.74. The van der Waals surface area contributed by atoms with E-state index in [1.54, 1.807) is 0 Å². The average Bonchev–Trinajstić information content (AvgIpc) is 3.26. The zero-order chi connectivity index (χ0) is 14.2. The van der Waals surface area contributed by atoms with Crippen molar-refractivity contribution in [2.45, 2.75) is 69.6 Å². The molecule has 0 unspecified atom stereocenters. The summed E-state index contributed by atoms with van der Waals surface area (Å²) in [5.41, 5.74) is 0. The maximum absolute atomic E-state index is 11.5. The number of carbonyl (C=O) groups is 1. The number of alkyl halides is 1. The van der Waals surface area contributed by atoms with Crippen LogP contribution in [0.15, 0.2) is 12.2 Å². The molecule has 0 saturated heterocycles. The lowest BCUT2D eigenvalue weighted by Crippen LogP contribution is -2.12. The summed E-state index contributed by atoms with van der Waals surface area (Å²) in [5, 5.41) is 0.369. The van der Waals surface area contributed by atoms with Crippen LogP contribution in [0, 0.1) is 11.8 Å². The zero-order valence-corrected chi connectivity index (χ0v) is 13.1. The molecular weight excluding hydrogens is 272 g/mol. The van der Waals surface area contributed by atoms with E-state index >= 15 is 0 Å². The van der Waals surface area contributed by atoms with Crippen molar-refractivity contribution in [2.24, 2.45) is 11.8 Å². The minimum atomic E-state index is -0.0464. The van der Waals surface area contributed by atoms with Gasteiger partial charge in [0.05, 0.1) is 0 Å². The molecule has 2 rings (SSSR count). The lowest BCUT2D eigenvalue weighted by molar-refractivity contribution is -0.142. The highest BCUT2D eigenvalue weighted by molar-refractivity contribution is 6.20. The molecule has 0 N–H and O–H groups in total. The molecule has 0 aliphatic heterocycles. The summed E-state index contributed by atoms with van der Waals surface area (Å²) in [5.74, 6) is 1.55. The summed E-state index contributed by atoms with van der Waals surface area (Å²) >= 11 is 6.08. The minimum Gasteiger partial charge on any atom is -0.461 e. The van der Waals surface area contributed by atoms with Crippen LogP contribution in [-0.4, -0.2) is 18.0 Å². The van der Waals surface area contributed by atoms with E-state index in [1.165, 1.54) is 38.5 Å². The van der Waals surface area contributed by atoms with Gasteiger partial charge in [-0.25, -0.2) is 0 Å². The van der Waals surface area contributed by atoms with E-state index < -0.39 is 0 Å². The van der Waals surface area contributed by atoms with Gasteiger partial charge in [0.2, 0.25) is 0 Å². The molecule has 2 saturated carbocycles. The molecule has 3 heteroatoms. The zero-order valence-electron chi connectivity index (χ0n) is 12.4. The van der Waals surface area contributed by atoms with E-state index in [-0.39, 0.29) is 5.97 Å². The first-order valence-corrected chi connectivity index (χ1v) is 8.64. The molecule has 2 aliphatic carbocycles. The first kappa shape index (κ1) is 15.9. The van der Waals surface area contributed by atoms with Gasteiger partial charge in [-0.3, -0.25) is 4.79 Å². The molecule has 0 aromatic rings. The summed E-state index contributed by atoms with van der Waals surface area (Å²) in [4.78, 5) is 11.5. The third-order valence-electron chi connectivity index (χ3n) is 4.39. The first-order valence-electron chi connectivity index (χ1n) is 8.20. The van der Waals surface area contributed by atoms with E-state index in [9.17, 15) is 4.79 Å². The maximum atomic E-state index is 11.5. The predicted molar refractivity (Wildman–Crippen MR) is 82.9 cm³/mol. The van der Waals surface area contributed by atoms with Crippen molar-refractivity contribution in [1.29, 1.82) is 0 Å². The fraction of sp³-hybridized carbons (Fsp3) is 0.824. The molecule has 0 atom stereocenters. The Morgan fingerprint density at radius 3 is 2.55 bits per heavy atom. The van der Waals surface area contributed by atoms with Crippen LogP contribution >= 0.6 is 11.6 Å². The lowest BCUT2D eigenvalue weighted by Gasteiger charge is -2.22. The number of unbranched alkanes of at least 4 members (excludes halogenated alkanes) is 1. The Morgan fingerprint density at radius 2 is 1.85 bits per heavy atom. The number of rotatable bonds is 8. The quantitative estimate of drug-likeness (QED) is 0.277. The van der Waals surface area contributed by atoms with Gasteiger partial charge < -0.3 is 4.74 Å². The summed E-state index contributed by atoms with van der Waals surface area (Å²) in [6, 6.07) is 0. The standard InChI is InChI=1S/C17H27ClO2/c18-16-11-9-15(10-12-16)5-3-13-20-17(19)6-2-1-4-14-7-8-14/h3,5,14-16H,1-2,4,6-13H2/b5-3+. The highest BCUT2D eigenvalue weighted by Gasteiger charge is 2.20. The molecule has 0 radical (unpaired) electrons. The molecule has 0 aromatic carbocycles. The van der Waals surface area contributed by atoms with Gasteiger partial charge >= 0.3 is 5.97 Å². The third kappa shape index (κ3) is 6.78. The molecule has 0 amide bonds. The number of halogens is 1. The largest absolute Gasteiger partial charge is 0.461 e. The topological polar surface area (TPSA) is 26.3 Å². The summed E-state index contributed by atoms with van der Waals surface area (Å²) in [6.45, 7) is 0.433. The molecule has 2 aliphatic rings. The predicted octanol–water partition coefficient (Wildman–Crippen LogP) is 4.85. The third-order valence-corrected chi connectivity index (χ3v) is 4.83. The summed E-state index contributed by atoms with van der Waals surface area (Å²) < 4.78 is 5.23. The molecule has 0 aromatic heterocycles. The van der Waals surface area contributed by atoms with Crippen LogP contribution in [-0.2, 0) is 9.53 Å². The van der Waals surface area contributed by atoms with E-state index in [0.717, 1.165) is 25.2 Å². The number of hydrogen-bond donors (Lipinski definition) is 0. The molecule has 2 fully saturated rings. The second kappa shape index (κ2) is 8.71. The lowest BCUT2D eigenvalue weighted by atomic mass is 9.89. The smallest absolute Gasteiger partial charge is 0.306 e. The number of hydrogen-bond acceptors (Lipinski definition) is 2. The maximum Gasteiger partial charge on any atom is 0.306 e. The van der Waals surface area contributed by atoms with Gasteiger partial charge in [-0.1, -0.05) is 37.8 Å². The summed E-state index contributed by atoms with van der Waals surface area (Å²) in [7, 11) is 0. The molecule has 2 nitrogen and oxygen atoms in total. The Kier molecular flexibility index (Phi) is 6.92. The normalized spacial score (nSPS) is 26.9. The van der Waals surface area contributed by atoms with Crippen LogP contribution < -0.4 is 0 Å². The molecule has 0 heterocycles. The Balaban J connectivity index is 1.45. The summed E-state index contributed by atoms with van der Waals surface area (Å²) in [6.07, 6.45) is 15.6. The average molecular weight is 299 g/mol. The fourth-order valence-corrected chi connectivity index (χ4v) is 3.09. The molecule has 0 spiro atoms. The molecule has 20 heavy (non-hydrogen) atoms.